The first-order valence-electron chi connectivity index (χ1n) is 19.1. The maximum Gasteiger partial charge on any atom is 0.0780 e. The zero-order chi connectivity index (χ0) is 37.0. The highest BCUT2D eigenvalue weighted by Gasteiger charge is 2.20. The lowest BCUT2D eigenvalue weighted by Crippen LogP contribution is -1.94. The van der Waals surface area contributed by atoms with Gasteiger partial charge >= 0.3 is 0 Å². The number of pyridine rings is 1. The van der Waals surface area contributed by atoms with E-state index in [0.717, 1.165) is 22.4 Å². The summed E-state index contributed by atoms with van der Waals surface area (Å²) in [6.07, 6.45) is 1.90. The Morgan fingerprint density at radius 3 is 1.53 bits per heavy atom. The van der Waals surface area contributed by atoms with Gasteiger partial charge in [-0.2, -0.15) is 0 Å². The second kappa shape index (κ2) is 13.2. The monoisotopic (exact) mass is 701 g/mol. The molecule has 0 fully saturated rings. The van der Waals surface area contributed by atoms with E-state index in [9.17, 15) is 0 Å². The van der Waals surface area contributed by atoms with Gasteiger partial charge in [-0.05, 0) is 132 Å². The standard InChI is InChI=1S/C54H39N/c1-34-30-35(2)51(36(3)31-34)49-27-28-50(44-19-7-6-18-43(44)49)53-47-22-10-8-20-45(47)52(46-21-9-11-23-48(46)53)40-17-12-16-39(33-40)42-24-13-29-55-54(42)41-26-25-37-14-4-5-15-38(37)32-41/h4-33H,1-3H3. The SMILES string of the molecule is Cc1cc(C)c(-c2ccc(-c3c4ccccc4c(-c4cccc(-c5cccnc5-c5ccc6ccccc6c5)c4)c4ccccc34)c3ccccc23)c(C)c1. The van der Waals surface area contributed by atoms with Gasteiger partial charge in [-0.3, -0.25) is 4.98 Å². The Balaban J connectivity index is 1.19. The highest BCUT2D eigenvalue weighted by Crippen LogP contribution is 2.47. The molecule has 1 heterocycles. The van der Waals surface area contributed by atoms with Gasteiger partial charge in [0.1, 0.15) is 0 Å². The molecule has 0 unspecified atom stereocenters. The van der Waals surface area contributed by atoms with Crippen LogP contribution in [-0.4, -0.2) is 4.98 Å². The van der Waals surface area contributed by atoms with E-state index >= 15 is 0 Å². The van der Waals surface area contributed by atoms with Gasteiger partial charge in [0.2, 0.25) is 0 Å². The van der Waals surface area contributed by atoms with Gasteiger partial charge in [0.15, 0.2) is 0 Å². The minimum atomic E-state index is 0.988. The lowest BCUT2D eigenvalue weighted by Gasteiger charge is -2.21. The smallest absolute Gasteiger partial charge is 0.0780 e. The van der Waals surface area contributed by atoms with Crippen molar-refractivity contribution >= 4 is 43.1 Å². The van der Waals surface area contributed by atoms with Gasteiger partial charge in [0.25, 0.3) is 0 Å². The van der Waals surface area contributed by atoms with Crippen LogP contribution in [0.3, 0.4) is 0 Å². The van der Waals surface area contributed by atoms with Gasteiger partial charge in [0.05, 0.1) is 5.69 Å². The highest BCUT2D eigenvalue weighted by molar-refractivity contribution is 6.24. The van der Waals surface area contributed by atoms with Crippen LogP contribution in [0.2, 0.25) is 0 Å². The number of benzene rings is 9. The van der Waals surface area contributed by atoms with E-state index in [2.05, 4.69) is 191 Å². The summed E-state index contributed by atoms with van der Waals surface area (Å²) in [7, 11) is 0. The fraction of sp³-hybridized carbons (Fsp3) is 0.0556. The number of hydrogen-bond donors (Lipinski definition) is 0. The largest absolute Gasteiger partial charge is 0.256 e. The molecule has 9 aromatic carbocycles. The second-order valence-corrected chi connectivity index (χ2v) is 14.9. The molecule has 1 heteroatoms. The van der Waals surface area contributed by atoms with Crippen molar-refractivity contribution in [1.82, 2.24) is 4.98 Å². The Morgan fingerprint density at radius 2 is 0.873 bits per heavy atom. The molecule has 0 aliphatic rings. The van der Waals surface area contributed by atoms with Crippen LogP contribution in [0, 0.1) is 20.8 Å². The van der Waals surface area contributed by atoms with Crippen LogP contribution in [0.25, 0.3) is 98.9 Å². The third-order valence-corrected chi connectivity index (χ3v) is 11.4. The molecular formula is C54H39N. The van der Waals surface area contributed by atoms with Crippen LogP contribution in [0.15, 0.2) is 182 Å². The molecule has 55 heavy (non-hydrogen) atoms. The lowest BCUT2D eigenvalue weighted by atomic mass is 9.82. The number of aromatic nitrogens is 1. The molecule has 10 rings (SSSR count). The second-order valence-electron chi connectivity index (χ2n) is 14.9. The molecule has 0 amide bonds. The van der Waals surface area contributed by atoms with Crippen LogP contribution >= 0.6 is 0 Å². The molecule has 0 radical (unpaired) electrons. The summed E-state index contributed by atoms with van der Waals surface area (Å²) in [5, 5.41) is 9.97. The molecule has 0 spiro atoms. The highest BCUT2D eigenvalue weighted by atomic mass is 14.7. The molecule has 0 bridgehead atoms. The predicted molar refractivity (Wildman–Crippen MR) is 236 cm³/mol. The number of fused-ring (bicyclic) bond motifs is 4. The number of hydrogen-bond acceptors (Lipinski definition) is 1. The van der Waals surface area contributed by atoms with Crippen LogP contribution in [0.1, 0.15) is 16.7 Å². The van der Waals surface area contributed by atoms with E-state index in [-0.39, 0.29) is 0 Å². The zero-order valence-electron chi connectivity index (χ0n) is 31.3. The summed E-state index contributed by atoms with van der Waals surface area (Å²) in [6, 6.07) is 64.6. The van der Waals surface area contributed by atoms with Gasteiger partial charge in [-0.15, -0.1) is 0 Å². The average Bonchev–Trinajstić information content (AvgIpc) is 3.22. The maximum atomic E-state index is 4.94. The summed E-state index contributed by atoms with van der Waals surface area (Å²) in [4.78, 5) is 4.94. The summed E-state index contributed by atoms with van der Waals surface area (Å²) in [5.74, 6) is 0. The van der Waals surface area contributed by atoms with Crippen molar-refractivity contribution in [3.05, 3.63) is 199 Å². The van der Waals surface area contributed by atoms with Gasteiger partial charge in [-0.25, -0.2) is 0 Å². The first-order chi connectivity index (χ1) is 27.0. The summed E-state index contributed by atoms with van der Waals surface area (Å²) in [6.45, 7) is 6.67. The third kappa shape index (κ3) is 5.51. The maximum absolute atomic E-state index is 4.94. The molecule has 0 aliphatic heterocycles. The first kappa shape index (κ1) is 32.8. The minimum absolute atomic E-state index is 0.988. The van der Waals surface area contributed by atoms with Crippen molar-refractivity contribution < 1.29 is 0 Å². The lowest BCUT2D eigenvalue weighted by molar-refractivity contribution is 1.32. The number of aryl methyl sites for hydroxylation is 3. The molecule has 0 atom stereocenters. The van der Waals surface area contributed by atoms with E-state index in [1.54, 1.807) is 0 Å². The van der Waals surface area contributed by atoms with E-state index in [0.29, 0.717) is 0 Å². The molecule has 260 valence electrons. The molecule has 0 N–H and O–H groups in total. The average molecular weight is 702 g/mol. The Labute approximate surface area is 322 Å². The van der Waals surface area contributed by atoms with Gasteiger partial charge < -0.3 is 0 Å². The number of nitrogens with zero attached hydrogens (tertiary/aromatic N) is 1. The van der Waals surface area contributed by atoms with Crippen LogP contribution in [0.4, 0.5) is 0 Å². The van der Waals surface area contributed by atoms with Crippen LogP contribution in [-0.2, 0) is 0 Å². The third-order valence-electron chi connectivity index (χ3n) is 11.4. The summed E-state index contributed by atoms with van der Waals surface area (Å²) < 4.78 is 0. The molecule has 1 aromatic heterocycles. The van der Waals surface area contributed by atoms with Gasteiger partial charge in [-0.1, -0.05) is 163 Å². The minimum Gasteiger partial charge on any atom is -0.256 e. The van der Waals surface area contributed by atoms with E-state index < -0.39 is 0 Å². The van der Waals surface area contributed by atoms with Crippen LogP contribution < -0.4 is 0 Å². The van der Waals surface area contributed by atoms with E-state index in [4.69, 9.17) is 4.98 Å². The molecule has 0 aliphatic carbocycles. The van der Waals surface area contributed by atoms with Crippen LogP contribution in [0.5, 0.6) is 0 Å². The molecule has 10 aromatic rings. The van der Waals surface area contributed by atoms with Crippen molar-refractivity contribution in [3.63, 3.8) is 0 Å². The molecular weight excluding hydrogens is 663 g/mol. The van der Waals surface area contributed by atoms with E-state index in [1.165, 1.54) is 93.2 Å². The van der Waals surface area contributed by atoms with E-state index in [1.807, 2.05) is 12.3 Å². The first-order valence-corrected chi connectivity index (χ1v) is 19.1. The van der Waals surface area contributed by atoms with Crippen molar-refractivity contribution in [1.29, 1.82) is 0 Å². The predicted octanol–water partition coefficient (Wildman–Crippen LogP) is 15.0. The number of rotatable bonds is 5. The summed E-state index contributed by atoms with van der Waals surface area (Å²) in [5.41, 5.74) is 15.9. The van der Waals surface area contributed by atoms with Crippen molar-refractivity contribution in [2.24, 2.45) is 0 Å². The summed E-state index contributed by atoms with van der Waals surface area (Å²) >= 11 is 0. The molecule has 0 saturated heterocycles. The topological polar surface area (TPSA) is 12.9 Å². The quantitative estimate of drug-likeness (QED) is 0.163. The normalized spacial score (nSPS) is 11.5. The molecule has 0 saturated carbocycles. The zero-order valence-corrected chi connectivity index (χ0v) is 31.3. The van der Waals surface area contributed by atoms with Gasteiger partial charge in [0, 0.05) is 17.3 Å². The fourth-order valence-corrected chi connectivity index (χ4v) is 9.12. The Bertz CT molecular complexity index is 3050. The van der Waals surface area contributed by atoms with Crippen molar-refractivity contribution in [2.75, 3.05) is 0 Å². The fourth-order valence-electron chi connectivity index (χ4n) is 9.12. The Kier molecular flexibility index (Phi) is 7.89. The Hall–Kier alpha value is -6.83. The van der Waals surface area contributed by atoms with Crippen molar-refractivity contribution in [2.45, 2.75) is 20.8 Å². The van der Waals surface area contributed by atoms with Crippen molar-refractivity contribution in [3.8, 4) is 55.8 Å². The molecule has 1 nitrogen and oxygen atoms in total. The Morgan fingerprint density at radius 1 is 0.327 bits per heavy atom.